The lowest BCUT2D eigenvalue weighted by molar-refractivity contribution is 0.0556. The van der Waals surface area contributed by atoms with Gasteiger partial charge in [0.2, 0.25) is 0 Å². The summed E-state index contributed by atoms with van der Waals surface area (Å²) in [5.74, 6) is 0. The molecule has 102 valence electrons. The first-order valence-electron chi connectivity index (χ1n) is 6.49. The van der Waals surface area contributed by atoms with Crippen LogP contribution in [0.1, 0.15) is 25.8 Å². The van der Waals surface area contributed by atoms with Gasteiger partial charge in [-0.3, -0.25) is 4.98 Å². The molecule has 1 atom stereocenters. The number of aliphatic hydroxyl groups is 1. The van der Waals surface area contributed by atoms with Crippen molar-refractivity contribution in [3.8, 4) is 0 Å². The topological polar surface area (TPSA) is 45.1 Å². The van der Waals surface area contributed by atoms with E-state index in [9.17, 15) is 5.11 Å². The van der Waals surface area contributed by atoms with Crippen molar-refractivity contribution < 1.29 is 5.11 Å². The van der Waals surface area contributed by atoms with Crippen molar-refractivity contribution in [3.05, 3.63) is 41.0 Å². The number of benzene rings is 1. The third kappa shape index (κ3) is 3.44. The van der Waals surface area contributed by atoms with Crippen LogP contribution in [-0.4, -0.2) is 22.2 Å². The third-order valence-corrected chi connectivity index (χ3v) is 3.71. The van der Waals surface area contributed by atoms with E-state index in [1.165, 1.54) is 0 Å². The Morgan fingerprint density at radius 3 is 2.89 bits per heavy atom. The second-order valence-electron chi connectivity index (χ2n) is 5.06. The summed E-state index contributed by atoms with van der Waals surface area (Å²) >= 11 is 6.16. The van der Waals surface area contributed by atoms with Gasteiger partial charge in [0.05, 0.1) is 11.1 Å². The second kappa shape index (κ2) is 5.87. The maximum Gasteiger partial charge on any atom is 0.0761 e. The Morgan fingerprint density at radius 2 is 2.16 bits per heavy atom. The Hall–Kier alpha value is -1.16. The van der Waals surface area contributed by atoms with E-state index in [0.717, 1.165) is 22.9 Å². The average Bonchev–Trinajstić information content (AvgIpc) is 2.42. The number of halogens is 1. The molecular weight excluding hydrogens is 260 g/mol. The summed E-state index contributed by atoms with van der Waals surface area (Å²) in [4.78, 5) is 4.39. The summed E-state index contributed by atoms with van der Waals surface area (Å²) in [5, 5.41) is 14.9. The SMILES string of the molecule is CCC(C)(O)CNCc1ccc(Cl)c2cccnc12. The van der Waals surface area contributed by atoms with E-state index in [0.29, 0.717) is 18.1 Å². The van der Waals surface area contributed by atoms with Gasteiger partial charge in [-0.2, -0.15) is 0 Å². The van der Waals surface area contributed by atoms with E-state index >= 15 is 0 Å². The molecule has 0 saturated heterocycles. The Kier molecular flexibility index (Phi) is 4.40. The summed E-state index contributed by atoms with van der Waals surface area (Å²) in [7, 11) is 0. The zero-order chi connectivity index (χ0) is 13.9. The number of hydrogen-bond acceptors (Lipinski definition) is 3. The van der Waals surface area contributed by atoms with Crippen LogP contribution in [0.25, 0.3) is 10.9 Å². The fraction of sp³-hybridized carbons (Fsp3) is 0.400. The standard InChI is InChI=1S/C15H19ClN2O/c1-3-15(2,19)10-17-9-11-6-7-13(16)12-5-4-8-18-14(11)12/h4-8,17,19H,3,9-10H2,1-2H3. The molecule has 0 radical (unpaired) electrons. The lowest BCUT2D eigenvalue weighted by Crippen LogP contribution is -2.36. The normalized spacial score (nSPS) is 14.5. The highest BCUT2D eigenvalue weighted by atomic mass is 35.5. The zero-order valence-corrected chi connectivity index (χ0v) is 12.0. The minimum Gasteiger partial charge on any atom is -0.389 e. The number of pyridine rings is 1. The highest BCUT2D eigenvalue weighted by molar-refractivity contribution is 6.35. The van der Waals surface area contributed by atoms with Gasteiger partial charge in [-0.1, -0.05) is 24.6 Å². The van der Waals surface area contributed by atoms with E-state index in [1.54, 1.807) is 6.20 Å². The van der Waals surface area contributed by atoms with Crippen LogP contribution in [0.5, 0.6) is 0 Å². The molecule has 0 spiro atoms. The van der Waals surface area contributed by atoms with Crippen LogP contribution in [0.3, 0.4) is 0 Å². The number of hydrogen-bond donors (Lipinski definition) is 2. The Morgan fingerprint density at radius 1 is 1.37 bits per heavy atom. The Bertz CT molecular complexity index is 569. The Labute approximate surface area is 118 Å². The summed E-state index contributed by atoms with van der Waals surface area (Å²) in [6, 6.07) is 7.72. The molecule has 1 unspecified atom stereocenters. The van der Waals surface area contributed by atoms with Crippen molar-refractivity contribution >= 4 is 22.5 Å². The summed E-state index contributed by atoms with van der Waals surface area (Å²) in [5.41, 5.74) is 1.33. The fourth-order valence-electron chi connectivity index (χ4n) is 1.93. The molecule has 2 N–H and O–H groups in total. The molecule has 0 saturated carbocycles. The molecule has 1 heterocycles. The molecule has 0 amide bonds. The van der Waals surface area contributed by atoms with Crippen molar-refractivity contribution in [2.45, 2.75) is 32.4 Å². The molecule has 19 heavy (non-hydrogen) atoms. The first kappa shape index (κ1) is 14.3. The van der Waals surface area contributed by atoms with Crippen LogP contribution in [0.4, 0.5) is 0 Å². The van der Waals surface area contributed by atoms with Crippen LogP contribution < -0.4 is 5.32 Å². The third-order valence-electron chi connectivity index (χ3n) is 3.38. The molecule has 0 bridgehead atoms. The smallest absolute Gasteiger partial charge is 0.0761 e. The number of nitrogens with zero attached hydrogens (tertiary/aromatic N) is 1. The van der Waals surface area contributed by atoms with Gasteiger partial charge in [0, 0.05) is 29.7 Å². The summed E-state index contributed by atoms with van der Waals surface area (Å²) in [6.07, 6.45) is 2.49. The first-order valence-corrected chi connectivity index (χ1v) is 6.86. The zero-order valence-electron chi connectivity index (χ0n) is 11.3. The molecule has 2 aromatic rings. The van der Waals surface area contributed by atoms with E-state index < -0.39 is 5.60 Å². The highest BCUT2D eigenvalue weighted by Gasteiger charge is 2.16. The molecule has 1 aromatic carbocycles. The lowest BCUT2D eigenvalue weighted by atomic mass is 10.0. The molecule has 0 aliphatic carbocycles. The fourth-order valence-corrected chi connectivity index (χ4v) is 2.15. The minimum atomic E-state index is -0.671. The molecule has 1 aromatic heterocycles. The lowest BCUT2D eigenvalue weighted by Gasteiger charge is -2.21. The van der Waals surface area contributed by atoms with Crippen molar-refractivity contribution in [3.63, 3.8) is 0 Å². The maximum absolute atomic E-state index is 9.96. The highest BCUT2D eigenvalue weighted by Crippen LogP contribution is 2.24. The molecular formula is C15H19ClN2O. The predicted octanol–water partition coefficient (Wildman–Crippen LogP) is 3.14. The van der Waals surface area contributed by atoms with Gasteiger partial charge in [-0.05, 0) is 37.1 Å². The maximum atomic E-state index is 9.96. The van der Waals surface area contributed by atoms with E-state index in [2.05, 4.69) is 10.3 Å². The molecule has 0 aliphatic heterocycles. The molecule has 0 aliphatic rings. The van der Waals surface area contributed by atoms with Crippen LogP contribution in [0.15, 0.2) is 30.5 Å². The van der Waals surface area contributed by atoms with Crippen LogP contribution in [-0.2, 0) is 6.54 Å². The predicted molar refractivity (Wildman–Crippen MR) is 79.4 cm³/mol. The van der Waals surface area contributed by atoms with Gasteiger partial charge in [-0.15, -0.1) is 0 Å². The van der Waals surface area contributed by atoms with Crippen molar-refractivity contribution in [2.75, 3.05) is 6.54 Å². The van der Waals surface area contributed by atoms with Gasteiger partial charge in [0.1, 0.15) is 0 Å². The van der Waals surface area contributed by atoms with E-state index in [1.807, 2.05) is 38.1 Å². The molecule has 3 nitrogen and oxygen atoms in total. The second-order valence-corrected chi connectivity index (χ2v) is 5.47. The number of rotatable bonds is 5. The minimum absolute atomic E-state index is 0.556. The summed E-state index contributed by atoms with van der Waals surface area (Å²) < 4.78 is 0. The van der Waals surface area contributed by atoms with Crippen molar-refractivity contribution in [2.24, 2.45) is 0 Å². The molecule has 4 heteroatoms. The van der Waals surface area contributed by atoms with Gasteiger partial charge < -0.3 is 10.4 Å². The molecule has 2 rings (SSSR count). The van der Waals surface area contributed by atoms with Gasteiger partial charge in [-0.25, -0.2) is 0 Å². The van der Waals surface area contributed by atoms with Crippen LogP contribution in [0.2, 0.25) is 5.02 Å². The largest absolute Gasteiger partial charge is 0.389 e. The number of nitrogens with one attached hydrogen (secondary N) is 1. The van der Waals surface area contributed by atoms with E-state index in [4.69, 9.17) is 11.6 Å². The van der Waals surface area contributed by atoms with Gasteiger partial charge in [0.25, 0.3) is 0 Å². The van der Waals surface area contributed by atoms with Crippen LogP contribution >= 0.6 is 11.6 Å². The monoisotopic (exact) mass is 278 g/mol. The first-order chi connectivity index (χ1) is 9.03. The number of fused-ring (bicyclic) bond motifs is 1. The number of aromatic nitrogens is 1. The van der Waals surface area contributed by atoms with Gasteiger partial charge >= 0.3 is 0 Å². The summed E-state index contributed by atoms with van der Waals surface area (Å²) in [6.45, 7) is 5.03. The van der Waals surface area contributed by atoms with Crippen molar-refractivity contribution in [1.82, 2.24) is 10.3 Å². The quantitative estimate of drug-likeness (QED) is 0.883. The van der Waals surface area contributed by atoms with Gasteiger partial charge in [0.15, 0.2) is 0 Å². The Balaban J connectivity index is 2.16. The molecule has 0 fully saturated rings. The van der Waals surface area contributed by atoms with Crippen LogP contribution in [0, 0.1) is 0 Å². The van der Waals surface area contributed by atoms with E-state index in [-0.39, 0.29) is 0 Å². The van der Waals surface area contributed by atoms with Crippen molar-refractivity contribution in [1.29, 1.82) is 0 Å². The average molecular weight is 279 g/mol.